The summed E-state index contributed by atoms with van der Waals surface area (Å²) in [5.74, 6) is -0.900. The van der Waals surface area contributed by atoms with Crippen molar-refractivity contribution in [1.29, 1.82) is 0 Å². The predicted molar refractivity (Wildman–Crippen MR) is 141 cm³/mol. The van der Waals surface area contributed by atoms with Gasteiger partial charge in [-0.05, 0) is 89.7 Å². The minimum atomic E-state index is -0.900. The van der Waals surface area contributed by atoms with Gasteiger partial charge in [0.15, 0.2) is 0 Å². The lowest BCUT2D eigenvalue weighted by molar-refractivity contribution is -0.131. The van der Waals surface area contributed by atoms with E-state index in [0.29, 0.717) is 0 Å². The Morgan fingerprint density at radius 1 is 1.12 bits per heavy atom. The average Bonchev–Trinajstić information content (AvgIpc) is 2.73. The first kappa shape index (κ1) is 25.3. The van der Waals surface area contributed by atoms with E-state index in [1.165, 1.54) is 66.1 Å². The molecular weight excluding hydrogens is 406 g/mol. The summed E-state index contributed by atoms with van der Waals surface area (Å²) in [6.07, 6.45) is 16.8. The van der Waals surface area contributed by atoms with Crippen LogP contribution in [0.5, 0.6) is 0 Å². The van der Waals surface area contributed by atoms with E-state index in [2.05, 4.69) is 52.1 Å². The normalized spacial score (nSPS) is 20.5. The van der Waals surface area contributed by atoms with Gasteiger partial charge in [0.2, 0.25) is 0 Å². The van der Waals surface area contributed by atoms with Crippen molar-refractivity contribution >= 4 is 17.2 Å². The molecule has 0 spiro atoms. The number of anilines is 1. The molecule has 3 nitrogen and oxygen atoms in total. The maximum Gasteiger partial charge on any atom is 0.328 e. The number of fused-ring (bicyclic) bond motifs is 2. The number of carboxylic acids is 1. The Hall–Kier alpha value is -2.29. The molecule has 0 amide bonds. The lowest BCUT2D eigenvalue weighted by atomic mass is 9.61. The van der Waals surface area contributed by atoms with Crippen molar-refractivity contribution < 1.29 is 9.90 Å². The van der Waals surface area contributed by atoms with Gasteiger partial charge in [0, 0.05) is 18.3 Å². The molecule has 2 aliphatic carbocycles. The van der Waals surface area contributed by atoms with Gasteiger partial charge in [-0.25, -0.2) is 4.79 Å². The number of carbonyl (C=O) groups is 1. The highest BCUT2D eigenvalue weighted by molar-refractivity contribution is 5.82. The molecule has 0 heterocycles. The van der Waals surface area contributed by atoms with Crippen LogP contribution in [0.25, 0.3) is 5.57 Å². The quantitative estimate of drug-likeness (QED) is 0.240. The van der Waals surface area contributed by atoms with Gasteiger partial charge in [-0.15, -0.1) is 0 Å². The number of nitrogens with one attached hydrogen (secondary N) is 1. The van der Waals surface area contributed by atoms with Gasteiger partial charge >= 0.3 is 5.97 Å². The van der Waals surface area contributed by atoms with Crippen LogP contribution in [0.3, 0.4) is 0 Å². The van der Waals surface area contributed by atoms with Gasteiger partial charge in [0.25, 0.3) is 0 Å². The Balaban J connectivity index is 2.12. The van der Waals surface area contributed by atoms with E-state index in [0.717, 1.165) is 31.4 Å². The molecule has 0 saturated carbocycles. The molecule has 33 heavy (non-hydrogen) atoms. The first-order valence-corrected chi connectivity index (χ1v) is 12.8. The van der Waals surface area contributed by atoms with Gasteiger partial charge in [0.1, 0.15) is 0 Å². The third kappa shape index (κ3) is 5.80. The summed E-state index contributed by atoms with van der Waals surface area (Å²) in [5, 5.41) is 12.9. The predicted octanol–water partition coefficient (Wildman–Crippen LogP) is 7.94. The van der Waals surface area contributed by atoms with E-state index in [4.69, 9.17) is 5.11 Å². The monoisotopic (exact) mass is 449 g/mol. The van der Waals surface area contributed by atoms with Crippen LogP contribution in [0.1, 0.15) is 109 Å². The van der Waals surface area contributed by atoms with E-state index in [9.17, 15) is 4.79 Å². The lowest BCUT2D eigenvalue weighted by Crippen LogP contribution is -2.35. The fourth-order valence-electron chi connectivity index (χ4n) is 5.50. The molecule has 3 heteroatoms. The second-order valence-electron chi connectivity index (χ2n) is 11.2. The van der Waals surface area contributed by atoms with Crippen LogP contribution < -0.4 is 5.32 Å². The summed E-state index contributed by atoms with van der Waals surface area (Å²) in [4.78, 5) is 10.9. The third-order valence-electron chi connectivity index (χ3n) is 7.52. The summed E-state index contributed by atoms with van der Waals surface area (Å²) in [6, 6.07) is 2.50. The highest BCUT2D eigenvalue weighted by Crippen LogP contribution is 2.52. The molecule has 2 aliphatic rings. The number of benzene rings is 1. The highest BCUT2D eigenvalue weighted by Gasteiger charge is 2.40. The lowest BCUT2D eigenvalue weighted by Gasteiger charge is -2.45. The van der Waals surface area contributed by atoms with Gasteiger partial charge < -0.3 is 10.4 Å². The van der Waals surface area contributed by atoms with Crippen LogP contribution in [0, 0.1) is 0 Å². The van der Waals surface area contributed by atoms with E-state index >= 15 is 0 Å². The molecule has 0 fully saturated rings. The summed E-state index contributed by atoms with van der Waals surface area (Å²) in [7, 11) is 0. The van der Waals surface area contributed by atoms with Gasteiger partial charge in [0.05, 0.1) is 0 Å². The van der Waals surface area contributed by atoms with Gasteiger partial charge in [-0.3, -0.25) is 0 Å². The maximum absolute atomic E-state index is 10.9. The molecule has 1 aromatic rings. The smallest absolute Gasteiger partial charge is 0.328 e. The summed E-state index contributed by atoms with van der Waals surface area (Å²) in [6.45, 7) is 14.8. The zero-order valence-electron chi connectivity index (χ0n) is 21.6. The molecular formula is C30H43NO2. The molecule has 0 saturated heterocycles. The van der Waals surface area contributed by atoms with E-state index in [1.807, 2.05) is 19.1 Å². The van der Waals surface area contributed by atoms with E-state index in [1.54, 1.807) is 5.56 Å². The van der Waals surface area contributed by atoms with Crippen LogP contribution in [-0.4, -0.2) is 17.6 Å². The number of unbranched alkanes of at least 4 members (excludes halogenated alkanes) is 2. The number of hydrogen-bond donors (Lipinski definition) is 2. The summed E-state index contributed by atoms with van der Waals surface area (Å²) in [5.41, 5.74) is 9.81. The molecule has 2 N–H and O–H groups in total. The molecule has 180 valence electrons. The van der Waals surface area contributed by atoms with Gasteiger partial charge in [-0.1, -0.05) is 71.8 Å². The van der Waals surface area contributed by atoms with Crippen molar-refractivity contribution in [3.8, 4) is 0 Å². The zero-order valence-corrected chi connectivity index (χ0v) is 21.6. The number of aliphatic carboxylic acids is 1. The Bertz CT molecular complexity index is 976. The van der Waals surface area contributed by atoms with Crippen molar-refractivity contribution in [1.82, 2.24) is 0 Å². The fourth-order valence-corrected chi connectivity index (χ4v) is 5.50. The molecule has 0 radical (unpaired) electrons. The molecule has 1 aromatic carbocycles. The summed E-state index contributed by atoms with van der Waals surface area (Å²) < 4.78 is 0. The number of hydrogen-bond acceptors (Lipinski definition) is 2. The summed E-state index contributed by atoms with van der Waals surface area (Å²) >= 11 is 0. The van der Waals surface area contributed by atoms with Crippen LogP contribution in [0.4, 0.5) is 5.69 Å². The second-order valence-corrected chi connectivity index (χ2v) is 11.2. The Morgan fingerprint density at radius 3 is 2.55 bits per heavy atom. The molecule has 0 atom stereocenters. The Morgan fingerprint density at radius 2 is 1.85 bits per heavy atom. The van der Waals surface area contributed by atoms with Gasteiger partial charge in [-0.2, -0.15) is 0 Å². The van der Waals surface area contributed by atoms with Crippen LogP contribution in [-0.2, 0) is 22.0 Å². The number of carboxylic acid groups (broad SMARTS) is 1. The van der Waals surface area contributed by atoms with Crippen molar-refractivity contribution in [2.75, 3.05) is 11.9 Å². The molecule has 0 aliphatic heterocycles. The van der Waals surface area contributed by atoms with Crippen LogP contribution >= 0.6 is 0 Å². The molecule has 0 unspecified atom stereocenters. The number of allylic oxidation sites excluding steroid dienone is 5. The Kier molecular flexibility index (Phi) is 7.92. The standard InChI is InChI=1S/C30H43NO2/c1-7-8-9-18-31-28-23-15-11-14-22(13-10-12-21(2)19-26(32)33)24(23)20-25-27(28)30(5,6)17-16-29(25,3)4/h10,12-13,19-20,31H,7-9,11,14-18H2,1-6H3,(H,32,33). The van der Waals surface area contributed by atoms with E-state index in [-0.39, 0.29) is 10.8 Å². The molecule has 0 bridgehead atoms. The topological polar surface area (TPSA) is 49.3 Å². The maximum atomic E-state index is 10.9. The average molecular weight is 450 g/mol. The van der Waals surface area contributed by atoms with Crippen molar-refractivity contribution in [2.24, 2.45) is 0 Å². The SMILES string of the molecule is CCCCCNc1c2c(cc3c1C(C)(C)CCC3(C)C)C(=CC=CC(C)=CC(=O)O)CCC2. The highest BCUT2D eigenvalue weighted by atomic mass is 16.4. The fraction of sp³-hybridized carbons (Fsp3) is 0.567. The van der Waals surface area contributed by atoms with Crippen molar-refractivity contribution in [3.05, 3.63) is 58.2 Å². The number of rotatable bonds is 8. The first-order chi connectivity index (χ1) is 15.6. The Labute approximate surface area is 201 Å². The van der Waals surface area contributed by atoms with Crippen molar-refractivity contribution in [3.63, 3.8) is 0 Å². The van der Waals surface area contributed by atoms with E-state index < -0.39 is 5.97 Å². The largest absolute Gasteiger partial charge is 0.478 e. The molecule has 3 rings (SSSR count). The first-order valence-electron chi connectivity index (χ1n) is 12.8. The van der Waals surface area contributed by atoms with Crippen LogP contribution in [0.2, 0.25) is 0 Å². The molecule has 0 aromatic heterocycles. The zero-order chi connectivity index (χ0) is 24.2. The third-order valence-corrected chi connectivity index (χ3v) is 7.52. The van der Waals surface area contributed by atoms with Crippen molar-refractivity contribution in [2.45, 2.75) is 104 Å². The minimum absolute atomic E-state index is 0.166. The van der Waals surface area contributed by atoms with Crippen LogP contribution in [0.15, 0.2) is 35.9 Å². The second kappa shape index (κ2) is 10.3. The minimum Gasteiger partial charge on any atom is -0.478 e.